The molecule has 96 valence electrons. The van der Waals surface area contributed by atoms with E-state index in [9.17, 15) is 13.2 Å². The van der Waals surface area contributed by atoms with Crippen molar-refractivity contribution in [2.24, 2.45) is 5.73 Å². The SMILES string of the molecule is CCCCCOC1C(F)CC(N)C(F)C1F. The van der Waals surface area contributed by atoms with Crippen molar-refractivity contribution in [2.75, 3.05) is 6.61 Å². The molecule has 0 saturated heterocycles. The first kappa shape index (κ1) is 13.8. The zero-order valence-electron chi connectivity index (χ0n) is 9.54. The highest BCUT2D eigenvalue weighted by molar-refractivity contribution is 4.96. The van der Waals surface area contributed by atoms with E-state index < -0.39 is 30.7 Å². The summed E-state index contributed by atoms with van der Waals surface area (Å²) >= 11 is 0. The number of ether oxygens (including phenoxy) is 1. The molecule has 16 heavy (non-hydrogen) atoms. The Hall–Kier alpha value is -0.290. The van der Waals surface area contributed by atoms with Crippen LogP contribution in [-0.4, -0.2) is 37.3 Å². The quantitative estimate of drug-likeness (QED) is 0.747. The summed E-state index contributed by atoms with van der Waals surface area (Å²) in [5, 5.41) is 0. The number of hydrogen-bond acceptors (Lipinski definition) is 2. The predicted octanol–water partition coefficient (Wildman–Crippen LogP) is 2.31. The van der Waals surface area contributed by atoms with Crippen molar-refractivity contribution in [1.82, 2.24) is 0 Å². The molecule has 5 heteroatoms. The fraction of sp³-hybridized carbons (Fsp3) is 1.00. The molecule has 2 N–H and O–H groups in total. The van der Waals surface area contributed by atoms with E-state index in [1.807, 2.05) is 6.92 Å². The molecule has 0 spiro atoms. The van der Waals surface area contributed by atoms with Crippen LogP contribution in [0.3, 0.4) is 0 Å². The van der Waals surface area contributed by atoms with Crippen molar-refractivity contribution >= 4 is 0 Å². The molecule has 1 fully saturated rings. The normalized spacial score (nSPS) is 39.9. The second kappa shape index (κ2) is 6.45. The molecule has 0 aromatic rings. The maximum absolute atomic E-state index is 13.4. The van der Waals surface area contributed by atoms with Gasteiger partial charge < -0.3 is 10.5 Å². The average Bonchev–Trinajstić information content (AvgIpc) is 2.25. The number of nitrogens with two attached hydrogens (primary N) is 1. The molecule has 5 atom stereocenters. The third-order valence-corrected chi connectivity index (χ3v) is 2.94. The lowest BCUT2D eigenvalue weighted by atomic mass is 9.88. The van der Waals surface area contributed by atoms with E-state index in [0.717, 1.165) is 19.3 Å². The van der Waals surface area contributed by atoms with E-state index >= 15 is 0 Å². The number of hydrogen-bond donors (Lipinski definition) is 1. The Morgan fingerprint density at radius 2 is 1.88 bits per heavy atom. The van der Waals surface area contributed by atoms with Crippen LogP contribution in [0.5, 0.6) is 0 Å². The molecule has 0 aromatic heterocycles. The third kappa shape index (κ3) is 3.35. The zero-order valence-corrected chi connectivity index (χ0v) is 9.54. The van der Waals surface area contributed by atoms with Gasteiger partial charge in [-0.3, -0.25) is 0 Å². The highest BCUT2D eigenvalue weighted by atomic mass is 19.2. The predicted molar refractivity (Wildman–Crippen MR) is 56.5 cm³/mol. The highest BCUT2D eigenvalue weighted by Crippen LogP contribution is 2.28. The topological polar surface area (TPSA) is 35.2 Å². The molecule has 0 aliphatic heterocycles. The largest absolute Gasteiger partial charge is 0.372 e. The Morgan fingerprint density at radius 1 is 1.19 bits per heavy atom. The molecule has 1 saturated carbocycles. The molecule has 1 rings (SSSR count). The van der Waals surface area contributed by atoms with E-state index in [0.29, 0.717) is 0 Å². The monoisotopic (exact) mass is 239 g/mol. The molecule has 0 radical (unpaired) electrons. The number of alkyl halides is 3. The average molecular weight is 239 g/mol. The van der Waals surface area contributed by atoms with Gasteiger partial charge in [0.2, 0.25) is 0 Å². The minimum Gasteiger partial charge on any atom is -0.372 e. The van der Waals surface area contributed by atoms with E-state index in [1.54, 1.807) is 0 Å². The lowest BCUT2D eigenvalue weighted by molar-refractivity contribution is -0.101. The van der Waals surface area contributed by atoms with Crippen molar-refractivity contribution in [2.45, 2.75) is 63.3 Å². The van der Waals surface area contributed by atoms with Gasteiger partial charge in [-0.15, -0.1) is 0 Å². The van der Waals surface area contributed by atoms with Crippen molar-refractivity contribution < 1.29 is 17.9 Å². The molecule has 0 heterocycles. The van der Waals surface area contributed by atoms with Crippen LogP contribution in [0, 0.1) is 0 Å². The molecular formula is C11H20F3NO. The molecule has 0 amide bonds. The van der Waals surface area contributed by atoms with Gasteiger partial charge >= 0.3 is 0 Å². The second-order valence-corrected chi connectivity index (χ2v) is 4.35. The van der Waals surface area contributed by atoms with Crippen molar-refractivity contribution in [3.05, 3.63) is 0 Å². The van der Waals surface area contributed by atoms with Gasteiger partial charge in [0, 0.05) is 12.6 Å². The van der Waals surface area contributed by atoms with Crippen LogP contribution in [-0.2, 0) is 4.74 Å². The number of rotatable bonds is 5. The van der Waals surface area contributed by atoms with Gasteiger partial charge in [-0.2, -0.15) is 0 Å². The van der Waals surface area contributed by atoms with Crippen molar-refractivity contribution in [3.63, 3.8) is 0 Å². The summed E-state index contributed by atoms with van der Waals surface area (Å²) in [5.41, 5.74) is 5.29. The molecule has 5 unspecified atom stereocenters. The lowest BCUT2D eigenvalue weighted by Gasteiger charge is -2.35. The third-order valence-electron chi connectivity index (χ3n) is 2.94. The van der Waals surface area contributed by atoms with E-state index in [2.05, 4.69) is 0 Å². The van der Waals surface area contributed by atoms with Gasteiger partial charge in [0.15, 0.2) is 6.17 Å². The molecule has 0 bridgehead atoms. The minimum absolute atomic E-state index is 0.167. The van der Waals surface area contributed by atoms with Gasteiger partial charge in [-0.05, 0) is 12.8 Å². The molecule has 2 nitrogen and oxygen atoms in total. The van der Waals surface area contributed by atoms with Crippen LogP contribution in [0.1, 0.15) is 32.6 Å². The van der Waals surface area contributed by atoms with Crippen molar-refractivity contribution in [1.29, 1.82) is 0 Å². The number of halogens is 3. The van der Waals surface area contributed by atoms with Gasteiger partial charge in [0.25, 0.3) is 0 Å². The summed E-state index contributed by atoms with van der Waals surface area (Å²) in [7, 11) is 0. The fourth-order valence-electron chi connectivity index (χ4n) is 1.91. The van der Waals surface area contributed by atoms with Crippen LogP contribution < -0.4 is 5.73 Å². The second-order valence-electron chi connectivity index (χ2n) is 4.35. The molecule has 1 aliphatic carbocycles. The van der Waals surface area contributed by atoms with Crippen LogP contribution in [0.15, 0.2) is 0 Å². The zero-order chi connectivity index (χ0) is 12.1. The van der Waals surface area contributed by atoms with Gasteiger partial charge in [-0.25, -0.2) is 13.2 Å². The van der Waals surface area contributed by atoms with Gasteiger partial charge in [-0.1, -0.05) is 19.8 Å². The summed E-state index contributed by atoms with van der Waals surface area (Å²) in [6, 6.07) is -1.06. The maximum Gasteiger partial charge on any atom is 0.162 e. The Labute approximate surface area is 94.3 Å². The van der Waals surface area contributed by atoms with Crippen molar-refractivity contribution in [3.8, 4) is 0 Å². The van der Waals surface area contributed by atoms with Crippen LogP contribution in [0.2, 0.25) is 0 Å². The Bertz CT molecular complexity index is 206. The fourth-order valence-corrected chi connectivity index (χ4v) is 1.91. The standard InChI is InChI=1S/C11H20F3NO/c1-2-3-4-5-16-11-7(12)6-8(15)9(13)10(11)14/h7-11H,2-6,15H2,1H3. The summed E-state index contributed by atoms with van der Waals surface area (Å²) in [4.78, 5) is 0. The van der Waals surface area contributed by atoms with E-state index in [1.165, 1.54) is 0 Å². The maximum atomic E-state index is 13.4. The Kier molecular flexibility index (Phi) is 5.55. The van der Waals surface area contributed by atoms with Gasteiger partial charge in [0.05, 0.1) is 0 Å². The van der Waals surface area contributed by atoms with Crippen LogP contribution >= 0.6 is 0 Å². The highest BCUT2D eigenvalue weighted by Gasteiger charge is 2.45. The smallest absolute Gasteiger partial charge is 0.162 e. The first-order valence-corrected chi connectivity index (χ1v) is 5.87. The first-order chi connectivity index (χ1) is 7.57. The van der Waals surface area contributed by atoms with E-state index in [-0.39, 0.29) is 13.0 Å². The summed E-state index contributed by atoms with van der Waals surface area (Å²) in [6.45, 7) is 2.30. The van der Waals surface area contributed by atoms with Crippen LogP contribution in [0.25, 0.3) is 0 Å². The summed E-state index contributed by atoms with van der Waals surface area (Å²) in [5.74, 6) is 0. The molecular weight excluding hydrogens is 219 g/mol. The molecule has 0 aromatic carbocycles. The van der Waals surface area contributed by atoms with E-state index in [4.69, 9.17) is 10.5 Å². The minimum atomic E-state index is -1.94. The van der Waals surface area contributed by atoms with Gasteiger partial charge in [0.1, 0.15) is 18.4 Å². The van der Waals surface area contributed by atoms with Crippen LogP contribution in [0.4, 0.5) is 13.2 Å². The Balaban J connectivity index is 2.38. The summed E-state index contributed by atoms with van der Waals surface area (Å²) < 4.78 is 45.2. The number of unbranched alkanes of at least 4 members (excludes halogenated alkanes) is 2. The molecule has 1 aliphatic rings. The lowest BCUT2D eigenvalue weighted by Crippen LogP contribution is -2.55. The first-order valence-electron chi connectivity index (χ1n) is 5.87. The Morgan fingerprint density at radius 3 is 2.50 bits per heavy atom. The summed E-state index contributed by atoms with van der Waals surface area (Å²) in [6.07, 6.45) is -4.02.